The average molecular weight is 670 g/mol. The number of piperidine rings is 1. The topological polar surface area (TPSA) is 32.3 Å². The lowest BCUT2D eigenvalue weighted by Gasteiger charge is -2.40. The predicted molar refractivity (Wildman–Crippen MR) is 187 cm³/mol. The van der Waals surface area contributed by atoms with Crippen LogP contribution < -0.4 is 4.90 Å². The summed E-state index contributed by atoms with van der Waals surface area (Å²) in [6.07, 6.45) is 5.71. The predicted octanol–water partition coefficient (Wildman–Crippen LogP) is 9.33. The van der Waals surface area contributed by atoms with Crippen LogP contribution in [-0.4, -0.2) is 34.0 Å². The molecule has 3 aromatic carbocycles. The van der Waals surface area contributed by atoms with Crippen molar-refractivity contribution in [3.63, 3.8) is 0 Å². The molecule has 1 fully saturated rings. The van der Waals surface area contributed by atoms with Crippen molar-refractivity contribution >= 4 is 42.9 Å². The minimum Gasteiger partial charge on any atom is -0.364 e. The summed E-state index contributed by atoms with van der Waals surface area (Å²) in [7, 11) is 0. The molecular formula is C36H37Cl3F2N4. The van der Waals surface area contributed by atoms with Gasteiger partial charge < -0.3 is 4.90 Å². The SMILES string of the molecule is Cc1ccc(N(Cc2ccnc(-c3cccc(F)c3)c2)C2CCN(Cc3ccnc(-c4cccc(F)c4)c3)CC2)cc1.Cl.Cl.Cl. The lowest BCUT2D eigenvalue weighted by Crippen LogP contribution is -2.44. The van der Waals surface area contributed by atoms with E-state index < -0.39 is 0 Å². The van der Waals surface area contributed by atoms with E-state index in [1.807, 2.05) is 30.6 Å². The van der Waals surface area contributed by atoms with Gasteiger partial charge in [-0.05, 0) is 91.6 Å². The van der Waals surface area contributed by atoms with E-state index in [4.69, 9.17) is 0 Å². The molecule has 0 saturated carbocycles. The van der Waals surface area contributed by atoms with Crippen molar-refractivity contribution in [1.29, 1.82) is 0 Å². The van der Waals surface area contributed by atoms with E-state index in [0.717, 1.165) is 67.1 Å². The fourth-order valence-electron chi connectivity index (χ4n) is 5.77. The van der Waals surface area contributed by atoms with Gasteiger partial charge in [0.05, 0.1) is 11.4 Å². The maximum atomic E-state index is 13.9. The van der Waals surface area contributed by atoms with E-state index in [2.05, 4.69) is 69.2 Å². The molecule has 0 amide bonds. The first-order valence-electron chi connectivity index (χ1n) is 14.5. The number of hydrogen-bond donors (Lipinski definition) is 0. The molecule has 1 aliphatic rings. The molecule has 0 bridgehead atoms. The molecule has 6 rings (SSSR count). The summed E-state index contributed by atoms with van der Waals surface area (Å²) in [6, 6.07) is 30.6. The van der Waals surface area contributed by atoms with Crippen molar-refractivity contribution in [2.24, 2.45) is 0 Å². The molecule has 3 heterocycles. The largest absolute Gasteiger partial charge is 0.364 e. The van der Waals surface area contributed by atoms with Crippen molar-refractivity contribution < 1.29 is 8.78 Å². The molecule has 0 atom stereocenters. The molecule has 236 valence electrons. The maximum absolute atomic E-state index is 13.9. The number of nitrogens with zero attached hydrogens (tertiary/aromatic N) is 4. The van der Waals surface area contributed by atoms with Crippen molar-refractivity contribution in [3.05, 3.63) is 138 Å². The van der Waals surface area contributed by atoms with E-state index in [0.29, 0.717) is 6.04 Å². The Hall–Kier alpha value is -3.55. The third kappa shape index (κ3) is 9.24. The zero-order valence-corrected chi connectivity index (χ0v) is 27.4. The second kappa shape index (κ2) is 16.7. The Morgan fingerprint density at radius 1 is 0.689 bits per heavy atom. The lowest BCUT2D eigenvalue weighted by atomic mass is 10.00. The van der Waals surface area contributed by atoms with Crippen LogP contribution in [0.25, 0.3) is 22.5 Å². The Morgan fingerprint density at radius 3 is 1.78 bits per heavy atom. The summed E-state index contributed by atoms with van der Waals surface area (Å²) in [4.78, 5) is 14.0. The molecule has 0 aliphatic carbocycles. The summed E-state index contributed by atoms with van der Waals surface area (Å²) in [5.41, 5.74) is 7.92. The second-order valence-corrected chi connectivity index (χ2v) is 11.1. The van der Waals surface area contributed by atoms with Gasteiger partial charge in [0.25, 0.3) is 0 Å². The van der Waals surface area contributed by atoms with Gasteiger partial charge in [-0.3, -0.25) is 14.9 Å². The van der Waals surface area contributed by atoms with E-state index >= 15 is 0 Å². The van der Waals surface area contributed by atoms with Crippen molar-refractivity contribution in [2.75, 3.05) is 18.0 Å². The second-order valence-electron chi connectivity index (χ2n) is 11.1. The quantitative estimate of drug-likeness (QED) is 0.165. The van der Waals surface area contributed by atoms with Crippen LogP contribution in [0.4, 0.5) is 14.5 Å². The first kappa shape index (κ1) is 35.9. The summed E-state index contributed by atoms with van der Waals surface area (Å²) in [6.45, 7) is 5.66. The minimum absolute atomic E-state index is 0. The van der Waals surface area contributed by atoms with E-state index in [9.17, 15) is 8.78 Å². The third-order valence-corrected chi connectivity index (χ3v) is 8.01. The number of benzene rings is 3. The summed E-state index contributed by atoms with van der Waals surface area (Å²) in [5.74, 6) is -0.512. The summed E-state index contributed by atoms with van der Waals surface area (Å²) >= 11 is 0. The van der Waals surface area contributed by atoms with Crippen LogP contribution in [0.2, 0.25) is 0 Å². The number of hydrogen-bond acceptors (Lipinski definition) is 4. The highest BCUT2D eigenvalue weighted by atomic mass is 35.5. The van der Waals surface area contributed by atoms with Gasteiger partial charge in [0.15, 0.2) is 0 Å². The van der Waals surface area contributed by atoms with E-state index in [1.54, 1.807) is 12.1 Å². The molecule has 0 radical (unpaired) electrons. The first-order valence-corrected chi connectivity index (χ1v) is 14.5. The van der Waals surface area contributed by atoms with Gasteiger partial charge >= 0.3 is 0 Å². The van der Waals surface area contributed by atoms with Crippen LogP contribution in [-0.2, 0) is 13.1 Å². The molecule has 0 spiro atoms. The van der Waals surface area contributed by atoms with Crippen molar-refractivity contribution in [3.8, 4) is 22.5 Å². The molecule has 2 aromatic heterocycles. The van der Waals surface area contributed by atoms with Crippen LogP contribution >= 0.6 is 37.2 Å². The zero-order chi connectivity index (χ0) is 28.9. The molecule has 0 unspecified atom stereocenters. The number of pyridine rings is 2. The monoisotopic (exact) mass is 668 g/mol. The standard InChI is InChI=1S/C36H34F2N4.3ClH/c1-26-8-10-33(11-9-26)42(25-28-13-17-40-36(21-28)30-5-3-7-32(38)23-30)34-14-18-41(19-15-34)24-27-12-16-39-35(20-27)29-4-2-6-31(37)22-29;;;/h2-13,16-17,20-23,34H,14-15,18-19,24-25H2,1H3;3*1H. The Labute approximate surface area is 282 Å². The number of rotatable bonds is 8. The normalized spacial score (nSPS) is 13.2. The Morgan fingerprint density at radius 2 is 1.22 bits per heavy atom. The Bertz CT molecular complexity index is 1660. The average Bonchev–Trinajstić information content (AvgIpc) is 3.01. The number of anilines is 1. The van der Waals surface area contributed by atoms with Crippen molar-refractivity contribution in [2.45, 2.75) is 38.9 Å². The van der Waals surface area contributed by atoms with E-state index in [-0.39, 0.29) is 48.9 Å². The molecular weight excluding hydrogens is 633 g/mol. The summed E-state index contributed by atoms with van der Waals surface area (Å²) in [5, 5.41) is 0. The van der Waals surface area contributed by atoms with Gasteiger partial charge in [0, 0.05) is 61.4 Å². The molecule has 9 heteroatoms. The highest BCUT2D eigenvalue weighted by Gasteiger charge is 2.25. The highest BCUT2D eigenvalue weighted by Crippen LogP contribution is 2.29. The fraction of sp³-hybridized carbons (Fsp3) is 0.222. The number of halogens is 5. The van der Waals surface area contributed by atoms with Gasteiger partial charge in [-0.25, -0.2) is 8.78 Å². The van der Waals surface area contributed by atoms with E-state index in [1.165, 1.54) is 41.1 Å². The zero-order valence-electron chi connectivity index (χ0n) is 25.0. The van der Waals surface area contributed by atoms with Crippen molar-refractivity contribution in [1.82, 2.24) is 14.9 Å². The number of aromatic nitrogens is 2. The van der Waals surface area contributed by atoms with Gasteiger partial charge in [-0.15, -0.1) is 37.2 Å². The summed E-state index contributed by atoms with van der Waals surface area (Å²) < 4.78 is 27.6. The Kier molecular flexibility index (Phi) is 13.3. The van der Waals surface area contributed by atoms with Gasteiger partial charge in [0.2, 0.25) is 0 Å². The highest BCUT2D eigenvalue weighted by molar-refractivity contribution is 5.86. The molecule has 4 nitrogen and oxygen atoms in total. The number of likely N-dealkylation sites (tertiary alicyclic amines) is 1. The smallest absolute Gasteiger partial charge is 0.123 e. The van der Waals surface area contributed by atoms with Crippen LogP contribution in [0.1, 0.15) is 29.5 Å². The fourth-order valence-corrected chi connectivity index (χ4v) is 5.77. The third-order valence-electron chi connectivity index (χ3n) is 8.01. The van der Waals surface area contributed by atoms with Crippen LogP contribution in [0, 0.1) is 18.6 Å². The van der Waals surface area contributed by atoms with Crippen LogP contribution in [0.15, 0.2) is 109 Å². The van der Waals surface area contributed by atoms with Gasteiger partial charge in [-0.1, -0.05) is 42.0 Å². The Balaban J connectivity index is 0.00000184. The molecule has 45 heavy (non-hydrogen) atoms. The molecule has 1 saturated heterocycles. The number of aryl methyl sites for hydroxylation is 1. The minimum atomic E-state index is -0.260. The molecule has 0 N–H and O–H groups in total. The van der Waals surface area contributed by atoms with Crippen LogP contribution in [0.5, 0.6) is 0 Å². The van der Waals surface area contributed by atoms with Gasteiger partial charge in [0.1, 0.15) is 11.6 Å². The molecule has 1 aliphatic heterocycles. The molecule has 5 aromatic rings. The lowest BCUT2D eigenvalue weighted by molar-refractivity contribution is 0.201. The first-order chi connectivity index (χ1) is 20.5. The maximum Gasteiger partial charge on any atom is 0.123 e. The van der Waals surface area contributed by atoms with Gasteiger partial charge in [-0.2, -0.15) is 0 Å². The van der Waals surface area contributed by atoms with Crippen LogP contribution in [0.3, 0.4) is 0 Å².